The summed E-state index contributed by atoms with van der Waals surface area (Å²) in [6.07, 6.45) is 1.48. The number of nitro benzene ring substituents is 1. The van der Waals surface area contributed by atoms with Gasteiger partial charge in [0.1, 0.15) is 5.69 Å². The van der Waals surface area contributed by atoms with Crippen molar-refractivity contribution in [3.05, 3.63) is 70.3 Å². The highest BCUT2D eigenvalue weighted by molar-refractivity contribution is 5.80. The van der Waals surface area contributed by atoms with E-state index in [1.165, 1.54) is 6.07 Å². The van der Waals surface area contributed by atoms with Gasteiger partial charge in [0.25, 0.3) is 5.69 Å². The molecular formula is C22H26N4O4. The lowest BCUT2D eigenvalue weighted by atomic mass is 9.95. The van der Waals surface area contributed by atoms with Gasteiger partial charge < -0.3 is 15.5 Å². The lowest BCUT2D eigenvalue weighted by Gasteiger charge is -2.32. The fraction of sp³-hybridized carbons (Fsp3) is 0.364. The first-order valence-corrected chi connectivity index (χ1v) is 10.1. The average molecular weight is 410 g/mol. The third-order valence-electron chi connectivity index (χ3n) is 5.27. The van der Waals surface area contributed by atoms with Crippen molar-refractivity contribution >= 4 is 23.2 Å². The van der Waals surface area contributed by atoms with Gasteiger partial charge in [0.15, 0.2) is 0 Å². The van der Waals surface area contributed by atoms with Crippen molar-refractivity contribution in [3.8, 4) is 0 Å². The molecule has 1 heterocycles. The quantitative estimate of drug-likeness (QED) is 0.514. The molecule has 0 atom stereocenters. The largest absolute Gasteiger partial charge is 0.366 e. The number of anilines is 1. The minimum absolute atomic E-state index is 0.0620. The number of carbonyl (C=O) groups excluding carboxylic acids is 2. The molecule has 0 saturated carbocycles. The van der Waals surface area contributed by atoms with Crippen LogP contribution in [0.15, 0.2) is 54.6 Å². The predicted molar refractivity (Wildman–Crippen MR) is 114 cm³/mol. The maximum atomic E-state index is 12.4. The molecule has 2 N–H and O–H groups in total. The molecule has 0 aliphatic carbocycles. The normalized spacial score (nSPS) is 14.2. The van der Waals surface area contributed by atoms with Crippen LogP contribution in [0, 0.1) is 16.0 Å². The van der Waals surface area contributed by atoms with E-state index in [1.807, 2.05) is 35.2 Å². The number of rotatable bonds is 8. The second kappa shape index (κ2) is 10.4. The molecule has 0 radical (unpaired) electrons. The second-order valence-corrected chi connectivity index (χ2v) is 7.31. The molecule has 8 nitrogen and oxygen atoms in total. The molecule has 1 aliphatic rings. The van der Waals surface area contributed by atoms with Crippen LogP contribution in [0.1, 0.15) is 24.8 Å². The maximum Gasteiger partial charge on any atom is 0.292 e. The van der Waals surface area contributed by atoms with E-state index < -0.39 is 0 Å². The first kappa shape index (κ1) is 21.3. The Bertz CT molecular complexity index is 880. The smallest absolute Gasteiger partial charge is 0.292 e. The van der Waals surface area contributed by atoms with Crippen LogP contribution in [-0.2, 0) is 16.1 Å². The molecule has 1 fully saturated rings. The van der Waals surface area contributed by atoms with Gasteiger partial charge in [-0.1, -0.05) is 42.5 Å². The van der Waals surface area contributed by atoms with Gasteiger partial charge in [0, 0.05) is 44.6 Å². The Hall–Kier alpha value is -3.42. The molecule has 1 aliphatic heterocycles. The third kappa shape index (κ3) is 5.79. The maximum absolute atomic E-state index is 12.4. The fourth-order valence-corrected chi connectivity index (χ4v) is 3.60. The Balaban J connectivity index is 1.38. The van der Waals surface area contributed by atoms with E-state index in [-0.39, 0.29) is 34.8 Å². The van der Waals surface area contributed by atoms with Crippen molar-refractivity contribution in [2.45, 2.75) is 25.8 Å². The van der Waals surface area contributed by atoms with Gasteiger partial charge in [-0.05, 0) is 24.5 Å². The number of para-hydroxylation sites is 2. The van der Waals surface area contributed by atoms with E-state index in [4.69, 9.17) is 0 Å². The Morgan fingerprint density at radius 2 is 1.67 bits per heavy atom. The summed E-state index contributed by atoms with van der Waals surface area (Å²) in [6, 6.07) is 16.3. The molecule has 158 valence electrons. The summed E-state index contributed by atoms with van der Waals surface area (Å²) in [5.74, 6) is -0.310. The van der Waals surface area contributed by atoms with Gasteiger partial charge in [0.2, 0.25) is 11.8 Å². The summed E-state index contributed by atoms with van der Waals surface area (Å²) in [4.78, 5) is 37.1. The van der Waals surface area contributed by atoms with Crippen LogP contribution >= 0.6 is 0 Å². The highest BCUT2D eigenvalue weighted by Crippen LogP contribution is 2.31. The van der Waals surface area contributed by atoms with Crippen LogP contribution < -0.4 is 15.5 Å². The van der Waals surface area contributed by atoms with Gasteiger partial charge in [-0.3, -0.25) is 19.7 Å². The second-order valence-electron chi connectivity index (χ2n) is 7.31. The van der Waals surface area contributed by atoms with E-state index in [2.05, 4.69) is 10.6 Å². The monoisotopic (exact) mass is 410 g/mol. The third-order valence-corrected chi connectivity index (χ3v) is 5.27. The fourth-order valence-electron chi connectivity index (χ4n) is 3.60. The average Bonchev–Trinajstić information content (AvgIpc) is 2.78. The minimum atomic E-state index is -0.378. The molecule has 2 amide bonds. The Morgan fingerprint density at radius 1 is 1.00 bits per heavy atom. The molecule has 2 aromatic carbocycles. The van der Waals surface area contributed by atoms with Crippen molar-refractivity contribution in [2.75, 3.05) is 24.5 Å². The van der Waals surface area contributed by atoms with E-state index in [9.17, 15) is 19.7 Å². The van der Waals surface area contributed by atoms with Gasteiger partial charge in [0.05, 0.1) is 4.92 Å². The number of nitrogens with zero attached hydrogens (tertiary/aromatic N) is 2. The van der Waals surface area contributed by atoms with Gasteiger partial charge in [-0.15, -0.1) is 0 Å². The van der Waals surface area contributed by atoms with Gasteiger partial charge in [-0.25, -0.2) is 0 Å². The topological polar surface area (TPSA) is 105 Å². The molecule has 0 bridgehead atoms. The number of hydrogen-bond acceptors (Lipinski definition) is 5. The van der Waals surface area contributed by atoms with Gasteiger partial charge >= 0.3 is 0 Å². The summed E-state index contributed by atoms with van der Waals surface area (Å²) in [5, 5.41) is 16.9. The predicted octanol–water partition coefficient (Wildman–Crippen LogP) is 2.63. The van der Waals surface area contributed by atoms with Crippen LogP contribution in [0.25, 0.3) is 0 Å². The number of nitrogens with one attached hydrogen (secondary N) is 2. The zero-order valence-corrected chi connectivity index (χ0v) is 16.8. The Labute approximate surface area is 175 Å². The molecule has 1 saturated heterocycles. The van der Waals surface area contributed by atoms with Crippen molar-refractivity contribution in [1.82, 2.24) is 10.6 Å². The summed E-state index contributed by atoms with van der Waals surface area (Å²) in [6.45, 7) is 1.93. The van der Waals surface area contributed by atoms with Crippen molar-refractivity contribution in [1.29, 1.82) is 0 Å². The van der Waals surface area contributed by atoms with Crippen molar-refractivity contribution in [2.24, 2.45) is 5.92 Å². The standard InChI is InChI=1S/C22H26N4O4/c27-21(24-16-17-6-2-1-3-7-17)10-13-23-22(28)18-11-14-25(15-12-18)19-8-4-5-9-20(19)26(29)30/h1-9,18H,10-16H2,(H,23,28)(H,24,27). The molecule has 0 spiro atoms. The number of piperidine rings is 1. The highest BCUT2D eigenvalue weighted by atomic mass is 16.6. The van der Waals surface area contributed by atoms with E-state index >= 15 is 0 Å². The molecule has 0 aromatic heterocycles. The number of nitro groups is 1. The molecule has 3 rings (SSSR count). The molecule has 2 aromatic rings. The summed E-state index contributed by atoms with van der Waals surface area (Å²) >= 11 is 0. The molecule has 0 unspecified atom stereocenters. The SMILES string of the molecule is O=C(CCNC(=O)C1CCN(c2ccccc2[N+](=O)[O-])CC1)NCc1ccccc1. The summed E-state index contributed by atoms with van der Waals surface area (Å²) in [5.41, 5.74) is 1.71. The summed E-state index contributed by atoms with van der Waals surface area (Å²) in [7, 11) is 0. The number of carbonyl (C=O) groups is 2. The first-order valence-electron chi connectivity index (χ1n) is 10.1. The number of amides is 2. The first-order chi connectivity index (χ1) is 14.5. The molecular weight excluding hydrogens is 384 g/mol. The zero-order chi connectivity index (χ0) is 21.3. The van der Waals surface area contributed by atoms with Crippen molar-refractivity contribution in [3.63, 3.8) is 0 Å². The Morgan fingerprint density at radius 3 is 2.37 bits per heavy atom. The lowest BCUT2D eigenvalue weighted by Crippen LogP contribution is -2.41. The highest BCUT2D eigenvalue weighted by Gasteiger charge is 2.27. The van der Waals surface area contributed by atoms with E-state index in [0.717, 1.165) is 5.56 Å². The van der Waals surface area contributed by atoms with Crippen LogP contribution in [0.3, 0.4) is 0 Å². The van der Waals surface area contributed by atoms with E-state index in [1.54, 1.807) is 18.2 Å². The van der Waals surface area contributed by atoms with Crippen LogP contribution in [0.4, 0.5) is 11.4 Å². The number of hydrogen-bond donors (Lipinski definition) is 2. The number of benzene rings is 2. The lowest BCUT2D eigenvalue weighted by molar-refractivity contribution is -0.384. The van der Waals surface area contributed by atoms with Crippen LogP contribution in [0.2, 0.25) is 0 Å². The minimum Gasteiger partial charge on any atom is -0.366 e. The summed E-state index contributed by atoms with van der Waals surface area (Å²) < 4.78 is 0. The molecule has 8 heteroatoms. The molecule has 30 heavy (non-hydrogen) atoms. The Kier molecular flexibility index (Phi) is 7.37. The van der Waals surface area contributed by atoms with Crippen LogP contribution in [0.5, 0.6) is 0 Å². The van der Waals surface area contributed by atoms with Crippen molar-refractivity contribution < 1.29 is 14.5 Å². The van der Waals surface area contributed by atoms with Gasteiger partial charge in [-0.2, -0.15) is 0 Å². The zero-order valence-electron chi connectivity index (χ0n) is 16.8. The van der Waals surface area contributed by atoms with E-state index in [0.29, 0.717) is 44.7 Å². The van der Waals surface area contributed by atoms with Crippen LogP contribution in [-0.4, -0.2) is 36.4 Å².